The lowest BCUT2D eigenvalue weighted by molar-refractivity contribution is 0.0715. The van der Waals surface area contributed by atoms with Gasteiger partial charge < -0.3 is 20.4 Å². The van der Waals surface area contributed by atoms with Gasteiger partial charge in [0.05, 0.1) is 22.4 Å². The van der Waals surface area contributed by atoms with E-state index >= 15 is 0 Å². The van der Waals surface area contributed by atoms with Crippen LogP contribution in [-0.4, -0.2) is 39.9 Å². The molecule has 7 nitrogen and oxygen atoms in total. The van der Waals surface area contributed by atoms with Gasteiger partial charge in [0, 0.05) is 35.8 Å². The number of carbonyl (C=O) groups is 1. The second kappa shape index (κ2) is 9.54. The number of carbonyl (C=O) groups excluding carboxylic acids is 1. The number of likely N-dealkylation sites (tertiary alicyclic amines) is 1. The third kappa shape index (κ3) is 5.63. The number of piperidine rings is 1. The fourth-order valence-corrected chi connectivity index (χ4v) is 5.31. The zero-order chi connectivity index (χ0) is 22.7. The molecule has 32 heavy (non-hydrogen) atoms. The Morgan fingerprint density at radius 3 is 2.78 bits per heavy atom. The molecule has 1 aliphatic rings. The summed E-state index contributed by atoms with van der Waals surface area (Å²) >= 11 is 3.29. The van der Waals surface area contributed by atoms with Crippen LogP contribution in [0.1, 0.15) is 55.6 Å². The number of anilines is 2. The third-order valence-corrected chi connectivity index (χ3v) is 7.42. The largest absolute Gasteiger partial charge is 0.444 e. The molecule has 0 radical (unpaired) electrons. The summed E-state index contributed by atoms with van der Waals surface area (Å²) < 4.78 is 6.97. The van der Waals surface area contributed by atoms with Gasteiger partial charge in [-0.2, -0.15) is 0 Å². The Hall–Kier alpha value is -2.52. The zero-order valence-corrected chi connectivity index (χ0v) is 20.3. The van der Waals surface area contributed by atoms with Gasteiger partial charge in [0.15, 0.2) is 5.13 Å². The van der Waals surface area contributed by atoms with Gasteiger partial charge >= 0.3 is 0 Å². The van der Waals surface area contributed by atoms with Gasteiger partial charge in [-0.05, 0) is 37.1 Å². The van der Waals surface area contributed by atoms with E-state index in [0.717, 1.165) is 40.4 Å². The van der Waals surface area contributed by atoms with E-state index < -0.39 is 0 Å². The molecule has 1 aromatic carbocycles. The van der Waals surface area contributed by atoms with Crippen molar-refractivity contribution < 1.29 is 9.21 Å². The number of hydrogen-bond donors (Lipinski definition) is 2. The molecule has 3 aromatic rings. The molecule has 4 rings (SSSR count). The number of nitrogens with one attached hydrogen (secondary N) is 1. The van der Waals surface area contributed by atoms with Crippen molar-refractivity contribution in [2.24, 2.45) is 0 Å². The second-order valence-corrected chi connectivity index (χ2v) is 11.3. The quantitative estimate of drug-likeness (QED) is 0.385. The number of aromatic nitrogens is 2. The van der Waals surface area contributed by atoms with E-state index in [1.165, 1.54) is 0 Å². The van der Waals surface area contributed by atoms with Crippen molar-refractivity contribution in [1.82, 2.24) is 14.9 Å². The molecule has 2 aromatic heterocycles. The number of nitrogen functional groups attached to an aromatic ring is 1. The molecule has 170 valence electrons. The normalized spacial score (nSPS) is 16.8. The minimum atomic E-state index is -0.0410. The molecule has 9 heteroatoms. The third-order valence-electron chi connectivity index (χ3n) is 5.31. The first-order valence-corrected chi connectivity index (χ1v) is 12.5. The molecule has 1 saturated heterocycles. The maximum atomic E-state index is 12.8. The molecule has 0 saturated carbocycles. The van der Waals surface area contributed by atoms with Gasteiger partial charge in [-0.15, -0.1) is 11.8 Å². The Labute approximate surface area is 196 Å². The van der Waals surface area contributed by atoms with Crippen LogP contribution in [0.4, 0.5) is 10.8 Å². The molecule has 0 aliphatic carbocycles. The maximum absolute atomic E-state index is 12.8. The summed E-state index contributed by atoms with van der Waals surface area (Å²) in [6.45, 7) is 7.77. The molecular weight excluding hydrogens is 442 g/mol. The van der Waals surface area contributed by atoms with Gasteiger partial charge in [0.2, 0.25) is 5.89 Å². The molecule has 3 N–H and O–H groups in total. The highest BCUT2D eigenvalue weighted by atomic mass is 32.2. The van der Waals surface area contributed by atoms with Crippen molar-refractivity contribution in [2.45, 2.75) is 55.0 Å². The minimum absolute atomic E-state index is 0.0410. The van der Waals surface area contributed by atoms with Crippen molar-refractivity contribution >= 4 is 39.8 Å². The number of oxazole rings is 1. The molecule has 1 aliphatic heterocycles. The van der Waals surface area contributed by atoms with Crippen LogP contribution in [-0.2, 0) is 11.2 Å². The molecule has 1 atom stereocenters. The predicted molar refractivity (Wildman–Crippen MR) is 130 cm³/mol. The SMILES string of the molecule is CC(C)(C)c1cnc(CSc2cnc(N[C@H]3CCCN(C(=O)c4ccc(N)cc4)C3)s2)o1. The van der Waals surface area contributed by atoms with Crippen molar-refractivity contribution in [3.63, 3.8) is 0 Å². The minimum Gasteiger partial charge on any atom is -0.444 e. The number of nitrogens with zero attached hydrogens (tertiary/aromatic N) is 3. The Morgan fingerprint density at radius 1 is 1.28 bits per heavy atom. The number of rotatable bonds is 6. The first kappa shape index (κ1) is 22.7. The Morgan fingerprint density at radius 2 is 2.06 bits per heavy atom. The van der Waals surface area contributed by atoms with Crippen LogP contribution in [0.15, 0.2) is 45.3 Å². The standard InChI is InChI=1S/C23H29N5O2S2/c1-23(2,3)18-11-25-19(30-18)14-31-20-12-26-22(32-20)27-17-5-4-10-28(13-17)21(29)15-6-8-16(24)9-7-15/h6-9,11-12,17H,4-5,10,13-14,24H2,1-3H3,(H,26,27)/t17-/m0/s1. The average Bonchev–Trinajstić information content (AvgIpc) is 3.42. The highest BCUT2D eigenvalue weighted by Gasteiger charge is 2.25. The summed E-state index contributed by atoms with van der Waals surface area (Å²) in [7, 11) is 0. The highest BCUT2D eigenvalue weighted by Crippen LogP contribution is 2.32. The van der Waals surface area contributed by atoms with E-state index in [4.69, 9.17) is 10.2 Å². The number of hydrogen-bond acceptors (Lipinski definition) is 8. The molecule has 1 fully saturated rings. The van der Waals surface area contributed by atoms with Gasteiger partial charge in [-0.3, -0.25) is 4.79 Å². The summed E-state index contributed by atoms with van der Waals surface area (Å²) in [6, 6.07) is 7.30. The van der Waals surface area contributed by atoms with Crippen molar-refractivity contribution in [3.8, 4) is 0 Å². The zero-order valence-electron chi connectivity index (χ0n) is 18.6. The molecule has 0 bridgehead atoms. The van der Waals surface area contributed by atoms with E-state index in [2.05, 4.69) is 36.1 Å². The molecule has 0 spiro atoms. The smallest absolute Gasteiger partial charge is 0.253 e. The monoisotopic (exact) mass is 471 g/mol. The average molecular weight is 472 g/mol. The lowest BCUT2D eigenvalue weighted by atomic mass is 9.94. The summed E-state index contributed by atoms with van der Waals surface area (Å²) in [5.41, 5.74) is 7.03. The lowest BCUT2D eigenvalue weighted by Gasteiger charge is -2.33. The first-order valence-electron chi connectivity index (χ1n) is 10.7. The fraction of sp³-hybridized carbons (Fsp3) is 0.435. The maximum Gasteiger partial charge on any atom is 0.253 e. The van der Waals surface area contributed by atoms with Crippen molar-refractivity contribution in [2.75, 3.05) is 24.1 Å². The Balaban J connectivity index is 1.30. The lowest BCUT2D eigenvalue weighted by Crippen LogP contribution is -2.45. The molecule has 0 unspecified atom stereocenters. The van der Waals surface area contributed by atoms with E-state index in [1.54, 1.807) is 47.4 Å². The van der Waals surface area contributed by atoms with Crippen LogP contribution >= 0.6 is 23.1 Å². The Kier molecular flexibility index (Phi) is 6.76. The number of amides is 1. The van der Waals surface area contributed by atoms with Gasteiger partial charge in [-0.25, -0.2) is 9.97 Å². The highest BCUT2D eigenvalue weighted by molar-refractivity contribution is 8.00. The van der Waals surface area contributed by atoms with Crippen LogP contribution in [0, 0.1) is 0 Å². The van der Waals surface area contributed by atoms with E-state index in [9.17, 15) is 4.79 Å². The molecule has 1 amide bonds. The summed E-state index contributed by atoms with van der Waals surface area (Å²) in [5.74, 6) is 2.35. The molecule has 3 heterocycles. The summed E-state index contributed by atoms with van der Waals surface area (Å²) in [5, 5.41) is 4.39. The van der Waals surface area contributed by atoms with Crippen LogP contribution in [0.3, 0.4) is 0 Å². The predicted octanol–water partition coefficient (Wildman–Crippen LogP) is 5.02. The van der Waals surface area contributed by atoms with Gasteiger partial charge in [0.25, 0.3) is 5.91 Å². The number of thiazole rings is 1. The van der Waals surface area contributed by atoms with Gasteiger partial charge in [-0.1, -0.05) is 32.1 Å². The number of thioether (sulfide) groups is 1. The summed E-state index contributed by atoms with van der Waals surface area (Å²) in [6.07, 6.45) is 5.67. The van der Waals surface area contributed by atoms with Crippen molar-refractivity contribution in [1.29, 1.82) is 0 Å². The number of nitrogens with two attached hydrogens (primary N) is 1. The Bertz CT molecular complexity index is 1060. The van der Waals surface area contributed by atoms with E-state index in [-0.39, 0.29) is 17.4 Å². The van der Waals surface area contributed by atoms with Crippen LogP contribution in [0.25, 0.3) is 0 Å². The van der Waals surface area contributed by atoms with Crippen LogP contribution in [0.2, 0.25) is 0 Å². The van der Waals surface area contributed by atoms with Crippen LogP contribution in [0.5, 0.6) is 0 Å². The number of benzene rings is 1. The summed E-state index contributed by atoms with van der Waals surface area (Å²) in [4.78, 5) is 23.6. The first-order chi connectivity index (χ1) is 15.3. The van der Waals surface area contributed by atoms with Crippen molar-refractivity contribution in [3.05, 3.63) is 53.9 Å². The second-order valence-electron chi connectivity index (χ2n) is 9.00. The molecular formula is C23H29N5O2S2. The van der Waals surface area contributed by atoms with Gasteiger partial charge in [0.1, 0.15) is 5.76 Å². The van der Waals surface area contributed by atoms with E-state index in [1.807, 2.05) is 17.3 Å². The van der Waals surface area contributed by atoms with E-state index in [0.29, 0.717) is 23.5 Å². The van der Waals surface area contributed by atoms with Crippen LogP contribution < -0.4 is 11.1 Å². The topological polar surface area (TPSA) is 97.3 Å². The fourth-order valence-electron chi connectivity index (χ4n) is 3.51.